The molecular formula is C19H17ClN4O2. The highest BCUT2D eigenvalue weighted by Gasteiger charge is 2.10. The van der Waals surface area contributed by atoms with Crippen LogP contribution in [0, 0.1) is 0 Å². The highest BCUT2D eigenvalue weighted by molar-refractivity contribution is 6.33. The number of halogens is 1. The number of aromatic nitrogens is 2. The van der Waals surface area contributed by atoms with Gasteiger partial charge in [-0.05, 0) is 48.9 Å². The number of methoxy groups -OCH3 is 1. The lowest BCUT2D eigenvalue weighted by Crippen LogP contribution is -2.22. The molecular weight excluding hydrogens is 352 g/mol. The average molecular weight is 369 g/mol. The van der Waals surface area contributed by atoms with Crippen LogP contribution in [0.4, 0.5) is 5.69 Å². The number of hydrazone groups is 1. The fourth-order valence-electron chi connectivity index (χ4n) is 2.30. The summed E-state index contributed by atoms with van der Waals surface area (Å²) in [5, 5.41) is 8.46. The maximum absolute atomic E-state index is 12.4. The highest BCUT2D eigenvalue weighted by atomic mass is 35.5. The molecule has 0 aliphatic rings. The number of ether oxygens (including phenoxy) is 1. The summed E-state index contributed by atoms with van der Waals surface area (Å²) in [7, 11) is 1.62. The zero-order valence-corrected chi connectivity index (χ0v) is 15.1. The van der Waals surface area contributed by atoms with Gasteiger partial charge in [0.15, 0.2) is 0 Å². The molecule has 0 bridgehead atoms. The first-order valence-electron chi connectivity index (χ1n) is 7.88. The zero-order valence-electron chi connectivity index (χ0n) is 14.3. The molecule has 0 fully saturated rings. The van der Waals surface area contributed by atoms with E-state index in [2.05, 4.69) is 15.6 Å². The van der Waals surface area contributed by atoms with Crippen molar-refractivity contribution in [3.8, 4) is 11.4 Å². The van der Waals surface area contributed by atoms with Crippen LogP contribution in [0.5, 0.6) is 5.75 Å². The first kappa shape index (κ1) is 17.7. The minimum absolute atomic E-state index is 0.0233. The molecule has 132 valence electrons. The molecule has 6 nitrogen and oxygen atoms in total. The van der Waals surface area contributed by atoms with E-state index in [1.807, 2.05) is 49.4 Å². The Labute approximate surface area is 155 Å². The number of hydrogen-bond acceptors (Lipinski definition) is 5. The number of nitrogens with zero attached hydrogens (tertiary/aromatic N) is 3. The lowest BCUT2D eigenvalue weighted by molar-refractivity contribution is 0.415. The standard InChI is InChI=1S/C19H17ClN4O2/c1-13(14-8-10-16(26-2)11-9-14)22-23-17-12-21-24(19(25)18(17)20)15-6-4-3-5-7-15/h3-12,23H,1-2H3/b22-13-. The number of para-hydroxylation sites is 1. The Morgan fingerprint density at radius 2 is 1.85 bits per heavy atom. The van der Waals surface area contributed by atoms with Gasteiger partial charge >= 0.3 is 0 Å². The first-order valence-corrected chi connectivity index (χ1v) is 8.26. The number of benzene rings is 2. The Hall–Kier alpha value is -3.12. The SMILES string of the molecule is COc1ccc(/C(C)=N\Nc2cnn(-c3ccccc3)c(=O)c2Cl)cc1. The van der Waals surface area contributed by atoms with Gasteiger partial charge in [-0.3, -0.25) is 10.2 Å². The second-order valence-electron chi connectivity index (χ2n) is 5.46. The second kappa shape index (κ2) is 7.84. The van der Waals surface area contributed by atoms with E-state index >= 15 is 0 Å². The molecule has 0 spiro atoms. The molecule has 2 aromatic carbocycles. The van der Waals surface area contributed by atoms with Crippen LogP contribution in [0.2, 0.25) is 5.02 Å². The minimum atomic E-state index is -0.417. The number of hydrogen-bond donors (Lipinski definition) is 1. The lowest BCUT2D eigenvalue weighted by Gasteiger charge is -2.08. The molecule has 0 radical (unpaired) electrons. The van der Waals surface area contributed by atoms with Crippen LogP contribution >= 0.6 is 11.6 Å². The van der Waals surface area contributed by atoms with Crippen LogP contribution < -0.4 is 15.7 Å². The summed E-state index contributed by atoms with van der Waals surface area (Å²) in [6, 6.07) is 16.6. The van der Waals surface area contributed by atoms with Gasteiger partial charge in [0.2, 0.25) is 0 Å². The van der Waals surface area contributed by atoms with Crippen molar-refractivity contribution in [2.75, 3.05) is 12.5 Å². The summed E-state index contributed by atoms with van der Waals surface area (Å²) in [6.45, 7) is 1.85. The van der Waals surface area contributed by atoms with Crippen molar-refractivity contribution in [3.63, 3.8) is 0 Å². The summed E-state index contributed by atoms with van der Waals surface area (Å²) in [5.74, 6) is 0.770. The molecule has 0 atom stereocenters. The van der Waals surface area contributed by atoms with Crippen molar-refractivity contribution in [2.45, 2.75) is 6.92 Å². The van der Waals surface area contributed by atoms with E-state index in [0.29, 0.717) is 11.4 Å². The average Bonchev–Trinajstić information content (AvgIpc) is 2.69. The van der Waals surface area contributed by atoms with Gasteiger partial charge in [0.05, 0.1) is 24.7 Å². The topological polar surface area (TPSA) is 68.5 Å². The third-order valence-electron chi connectivity index (χ3n) is 3.77. The fraction of sp³-hybridized carbons (Fsp3) is 0.105. The minimum Gasteiger partial charge on any atom is -0.497 e. The molecule has 0 saturated carbocycles. The summed E-state index contributed by atoms with van der Waals surface area (Å²) in [5.41, 5.74) is 5.03. The maximum atomic E-state index is 12.4. The van der Waals surface area contributed by atoms with Crippen molar-refractivity contribution in [1.82, 2.24) is 9.78 Å². The van der Waals surface area contributed by atoms with Gasteiger partial charge in [-0.15, -0.1) is 0 Å². The molecule has 26 heavy (non-hydrogen) atoms. The molecule has 3 rings (SSSR count). The smallest absolute Gasteiger partial charge is 0.292 e. The Balaban J connectivity index is 1.84. The van der Waals surface area contributed by atoms with Crippen LogP contribution in [0.3, 0.4) is 0 Å². The van der Waals surface area contributed by atoms with Crippen LogP contribution in [-0.4, -0.2) is 22.6 Å². The number of anilines is 1. The van der Waals surface area contributed by atoms with Gasteiger partial charge < -0.3 is 4.74 Å². The quantitative estimate of drug-likeness (QED) is 0.550. The lowest BCUT2D eigenvalue weighted by atomic mass is 10.1. The molecule has 0 unspecified atom stereocenters. The summed E-state index contributed by atoms with van der Waals surface area (Å²) < 4.78 is 6.38. The van der Waals surface area contributed by atoms with Gasteiger partial charge in [-0.2, -0.15) is 14.9 Å². The van der Waals surface area contributed by atoms with E-state index in [0.717, 1.165) is 17.0 Å². The molecule has 7 heteroatoms. The molecule has 0 saturated heterocycles. The largest absolute Gasteiger partial charge is 0.497 e. The van der Waals surface area contributed by atoms with Gasteiger partial charge in [0.25, 0.3) is 5.56 Å². The van der Waals surface area contributed by atoms with E-state index in [9.17, 15) is 4.79 Å². The van der Waals surface area contributed by atoms with Crippen LogP contribution in [0.15, 0.2) is 70.7 Å². The third-order valence-corrected chi connectivity index (χ3v) is 4.14. The van der Waals surface area contributed by atoms with E-state index in [4.69, 9.17) is 16.3 Å². The van der Waals surface area contributed by atoms with Crippen molar-refractivity contribution in [3.05, 3.63) is 81.7 Å². The molecule has 0 aliphatic heterocycles. The summed E-state index contributed by atoms with van der Waals surface area (Å²) in [6.07, 6.45) is 1.47. The van der Waals surface area contributed by atoms with Crippen LogP contribution in [0.1, 0.15) is 12.5 Å². The monoisotopic (exact) mass is 368 g/mol. The van der Waals surface area contributed by atoms with E-state index in [1.54, 1.807) is 19.2 Å². The predicted octanol–water partition coefficient (Wildman–Crippen LogP) is 3.73. The fourth-order valence-corrected chi connectivity index (χ4v) is 2.48. The molecule has 1 aromatic heterocycles. The van der Waals surface area contributed by atoms with Crippen LogP contribution in [0.25, 0.3) is 5.69 Å². The van der Waals surface area contributed by atoms with Gasteiger partial charge in [0, 0.05) is 0 Å². The van der Waals surface area contributed by atoms with Crippen LogP contribution in [-0.2, 0) is 0 Å². The van der Waals surface area contributed by atoms with Gasteiger partial charge in [0.1, 0.15) is 16.5 Å². The maximum Gasteiger partial charge on any atom is 0.292 e. The summed E-state index contributed by atoms with van der Waals surface area (Å²) in [4.78, 5) is 12.4. The molecule has 0 aliphatic carbocycles. The predicted molar refractivity (Wildman–Crippen MR) is 104 cm³/mol. The van der Waals surface area contributed by atoms with Crippen molar-refractivity contribution in [2.24, 2.45) is 5.10 Å². The molecule has 0 amide bonds. The Morgan fingerprint density at radius 3 is 2.50 bits per heavy atom. The third kappa shape index (κ3) is 3.75. The van der Waals surface area contributed by atoms with E-state index < -0.39 is 5.56 Å². The van der Waals surface area contributed by atoms with Crippen molar-refractivity contribution >= 4 is 23.0 Å². The Bertz CT molecular complexity index is 983. The number of rotatable bonds is 5. The summed E-state index contributed by atoms with van der Waals surface area (Å²) >= 11 is 6.20. The van der Waals surface area contributed by atoms with E-state index in [-0.39, 0.29) is 5.02 Å². The Kier molecular flexibility index (Phi) is 5.34. The zero-order chi connectivity index (χ0) is 18.5. The van der Waals surface area contributed by atoms with Crippen molar-refractivity contribution < 1.29 is 4.74 Å². The second-order valence-corrected chi connectivity index (χ2v) is 5.84. The molecule has 1 heterocycles. The van der Waals surface area contributed by atoms with Crippen molar-refractivity contribution in [1.29, 1.82) is 0 Å². The Morgan fingerprint density at radius 1 is 1.15 bits per heavy atom. The van der Waals surface area contributed by atoms with E-state index in [1.165, 1.54) is 10.9 Å². The van der Waals surface area contributed by atoms with Gasteiger partial charge in [-0.25, -0.2) is 0 Å². The first-order chi connectivity index (χ1) is 12.6. The number of nitrogens with one attached hydrogen (secondary N) is 1. The highest BCUT2D eigenvalue weighted by Crippen LogP contribution is 2.17. The molecule has 1 N–H and O–H groups in total. The van der Waals surface area contributed by atoms with Gasteiger partial charge in [-0.1, -0.05) is 29.8 Å². The normalized spacial score (nSPS) is 11.3. The molecule has 3 aromatic rings.